The number of carbonyl (C=O) groups is 1. The third-order valence-corrected chi connectivity index (χ3v) is 3.02. The Morgan fingerprint density at radius 1 is 1.56 bits per heavy atom. The number of fused-ring (bicyclic) bond motifs is 1. The van der Waals surface area contributed by atoms with E-state index < -0.39 is 0 Å². The third kappa shape index (κ3) is 2.20. The Kier molecular flexibility index (Phi) is 3.32. The maximum Gasteiger partial charge on any atom is 0.259 e. The second-order valence-electron chi connectivity index (χ2n) is 4.72. The Balaban J connectivity index is 2.25. The quantitative estimate of drug-likeness (QED) is 0.861. The molecule has 5 heteroatoms. The van der Waals surface area contributed by atoms with E-state index in [4.69, 9.17) is 0 Å². The van der Waals surface area contributed by atoms with Gasteiger partial charge in [-0.1, -0.05) is 19.9 Å². The van der Waals surface area contributed by atoms with Crippen LogP contribution in [0.1, 0.15) is 30.9 Å². The normalized spacial score (nSPS) is 12.9. The lowest BCUT2D eigenvalue weighted by Gasteiger charge is -2.11. The van der Waals surface area contributed by atoms with Crippen molar-refractivity contribution in [2.45, 2.75) is 33.9 Å². The molecule has 1 aliphatic rings. The van der Waals surface area contributed by atoms with E-state index in [0.717, 1.165) is 0 Å². The van der Waals surface area contributed by atoms with E-state index in [0.29, 0.717) is 23.6 Å². The molecule has 0 atom stereocenters. The Labute approximate surface area is 106 Å². The number of allylic oxidation sites excluding steroid dienone is 1. The summed E-state index contributed by atoms with van der Waals surface area (Å²) >= 11 is 0. The highest BCUT2D eigenvalue weighted by Crippen LogP contribution is 2.09. The number of aromatic nitrogens is 2. The van der Waals surface area contributed by atoms with Gasteiger partial charge in [-0.3, -0.25) is 14.2 Å². The average Bonchev–Trinajstić information content (AvgIpc) is 2.76. The van der Waals surface area contributed by atoms with Gasteiger partial charge in [-0.05, 0) is 13.0 Å². The Bertz CT molecular complexity index is 570. The van der Waals surface area contributed by atoms with E-state index in [2.05, 4.69) is 10.3 Å². The fourth-order valence-electron chi connectivity index (χ4n) is 1.87. The molecule has 1 N–H and O–H groups in total. The van der Waals surface area contributed by atoms with Gasteiger partial charge in [-0.2, -0.15) is 0 Å². The van der Waals surface area contributed by atoms with Crippen LogP contribution in [0.25, 0.3) is 6.08 Å². The highest BCUT2D eigenvalue weighted by atomic mass is 16.2. The molecule has 0 fully saturated rings. The fraction of sp³-hybridized carbons (Fsp3) is 0.462. The smallest absolute Gasteiger partial charge is 0.259 e. The zero-order valence-electron chi connectivity index (χ0n) is 10.9. The topological polar surface area (TPSA) is 64.0 Å². The standard InChI is InChI=1S/C13H17N3O2/c1-8(2)12(17)14-7-10-9(3)15-11-5-4-6-16(11)13(10)18/h4-5,8H,6-7H2,1-3H3,(H,14,17). The van der Waals surface area contributed by atoms with Crippen LogP contribution in [0.3, 0.4) is 0 Å². The van der Waals surface area contributed by atoms with Gasteiger partial charge in [0.15, 0.2) is 0 Å². The van der Waals surface area contributed by atoms with Gasteiger partial charge in [-0.15, -0.1) is 0 Å². The average molecular weight is 247 g/mol. The molecule has 1 aliphatic heterocycles. The highest BCUT2D eigenvalue weighted by molar-refractivity contribution is 5.77. The molecule has 0 aliphatic carbocycles. The maximum atomic E-state index is 12.2. The summed E-state index contributed by atoms with van der Waals surface area (Å²) in [6.07, 6.45) is 3.74. The van der Waals surface area contributed by atoms with Crippen molar-refractivity contribution < 1.29 is 4.79 Å². The summed E-state index contributed by atoms with van der Waals surface area (Å²) in [5, 5.41) is 2.76. The maximum absolute atomic E-state index is 12.2. The Morgan fingerprint density at radius 2 is 2.28 bits per heavy atom. The van der Waals surface area contributed by atoms with Gasteiger partial charge in [0.2, 0.25) is 5.91 Å². The molecule has 0 radical (unpaired) electrons. The molecule has 96 valence electrons. The second kappa shape index (κ2) is 4.76. The van der Waals surface area contributed by atoms with Crippen molar-refractivity contribution in [1.29, 1.82) is 0 Å². The second-order valence-corrected chi connectivity index (χ2v) is 4.72. The van der Waals surface area contributed by atoms with E-state index in [-0.39, 0.29) is 23.9 Å². The first-order valence-electron chi connectivity index (χ1n) is 6.05. The van der Waals surface area contributed by atoms with Crippen LogP contribution < -0.4 is 10.9 Å². The minimum atomic E-state index is -0.0860. The molecular weight excluding hydrogens is 230 g/mol. The van der Waals surface area contributed by atoms with Crippen molar-refractivity contribution in [1.82, 2.24) is 14.9 Å². The molecule has 0 aromatic carbocycles. The summed E-state index contributed by atoms with van der Waals surface area (Å²) in [6.45, 7) is 6.24. The van der Waals surface area contributed by atoms with Crippen molar-refractivity contribution >= 4 is 12.0 Å². The molecule has 1 amide bonds. The summed E-state index contributed by atoms with van der Waals surface area (Å²) in [7, 11) is 0. The van der Waals surface area contributed by atoms with E-state index in [1.54, 1.807) is 11.5 Å². The third-order valence-electron chi connectivity index (χ3n) is 3.02. The van der Waals surface area contributed by atoms with Crippen LogP contribution in [-0.2, 0) is 17.9 Å². The molecule has 5 nitrogen and oxygen atoms in total. The zero-order chi connectivity index (χ0) is 13.3. The molecule has 2 rings (SSSR count). The minimum Gasteiger partial charge on any atom is -0.352 e. The van der Waals surface area contributed by atoms with E-state index in [1.165, 1.54) is 0 Å². The first kappa shape index (κ1) is 12.5. The first-order valence-corrected chi connectivity index (χ1v) is 6.05. The zero-order valence-corrected chi connectivity index (χ0v) is 10.9. The molecule has 1 aromatic rings. The summed E-state index contributed by atoms with van der Waals surface area (Å²) in [6, 6.07) is 0. The molecule has 0 bridgehead atoms. The van der Waals surface area contributed by atoms with Crippen LogP contribution >= 0.6 is 0 Å². The largest absolute Gasteiger partial charge is 0.352 e. The van der Waals surface area contributed by atoms with Crippen molar-refractivity contribution in [2.75, 3.05) is 0 Å². The van der Waals surface area contributed by atoms with Gasteiger partial charge in [0.05, 0.1) is 17.8 Å². The SMILES string of the molecule is Cc1nc2n(c(=O)c1CNC(=O)C(C)C)CC=C2. The van der Waals surface area contributed by atoms with Crippen LogP contribution in [0.15, 0.2) is 10.9 Å². The van der Waals surface area contributed by atoms with E-state index in [1.807, 2.05) is 26.0 Å². The number of amides is 1. The van der Waals surface area contributed by atoms with Crippen molar-refractivity contribution in [3.63, 3.8) is 0 Å². The van der Waals surface area contributed by atoms with Gasteiger partial charge < -0.3 is 5.32 Å². The summed E-state index contributed by atoms with van der Waals surface area (Å²) in [5.74, 6) is 0.547. The Morgan fingerprint density at radius 3 is 2.94 bits per heavy atom. The van der Waals surface area contributed by atoms with Gasteiger partial charge in [0.1, 0.15) is 5.82 Å². The van der Waals surface area contributed by atoms with E-state index in [9.17, 15) is 9.59 Å². The number of nitrogens with zero attached hydrogens (tertiary/aromatic N) is 2. The number of hydrogen-bond donors (Lipinski definition) is 1. The lowest BCUT2D eigenvalue weighted by molar-refractivity contribution is -0.124. The number of rotatable bonds is 3. The Hall–Kier alpha value is -1.91. The lowest BCUT2D eigenvalue weighted by atomic mass is 10.2. The molecule has 2 heterocycles. The van der Waals surface area contributed by atoms with Gasteiger partial charge in [-0.25, -0.2) is 4.98 Å². The molecule has 0 saturated carbocycles. The summed E-state index contributed by atoms with van der Waals surface area (Å²) < 4.78 is 1.61. The van der Waals surface area contributed by atoms with E-state index >= 15 is 0 Å². The predicted molar refractivity (Wildman–Crippen MR) is 69.0 cm³/mol. The number of nitrogens with one attached hydrogen (secondary N) is 1. The number of hydrogen-bond acceptors (Lipinski definition) is 3. The van der Waals surface area contributed by atoms with Gasteiger partial charge >= 0.3 is 0 Å². The summed E-state index contributed by atoms with van der Waals surface area (Å²) in [4.78, 5) is 28.1. The van der Waals surface area contributed by atoms with Crippen LogP contribution in [0.4, 0.5) is 0 Å². The van der Waals surface area contributed by atoms with Crippen molar-refractivity contribution in [3.8, 4) is 0 Å². The number of aryl methyl sites for hydroxylation is 1. The summed E-state index contributed by atoms with van der Waals surface area (Å²) in [5.41, 5.74) is 1.19. The molecule has 1 aromatic heterocycles. The van der Waals surface area contributed by atoms with Crippen molar-refractivity contribution in [2.24, 2.45) is 5.92 Å². The van der Waals surface area contributed by atoms with Crippen LogP contribution in [0, 0.1) is 12.8 Å². The van der Waals surface area contributed by atoms with Crippen molar-refractivity contribution in [3.05, 3.63) is 33.5 Å². The molecule has 18 heavy (non-hydrogen) atoms. The van der Waals surface area contributed by atoms with Crippen LogP contribution in [0.2, 0.25) is 0 Å². The monoisotopic (exact) mass is 247 g/mol. The van der Waals surface area contributed by atoms with Gasteiger partial charge in [0, 0.05) is 12.5 Å². The number of carbonyl (C=O) groups excluding carboxylic acids is 1. The van der Waals surface area contributed by atoms with Crippen LogP contribution in [-0.4, -0.2) is 15.5 Å². The highest BCUT2D eigenvalue weighted by Gasteiger charge is 2.16. The molecule has 0 spiro atoms. The first-order chi connectivity index (χ1) is 8.50. The molecule has 0 saturated heterocycles. The fourth-order valence-corrected chi connectivity index (χ4v) is 1.87. The lowest BCUT2D eigenvalue weighted by Crippen LogP contribution is -2.33. The molecule has 0 unspecified atom stereocenters. The molecular formula is C13H17N3O2. The predicted octanol–water partition coefficient (Wildman–Crippen LogP) is 0.851. The van der Waals surface area contributed by atoms with Crippen LogP contribution in [0.5, 0.6) is 0 Å². The minimum absolute atomic E-state index is 0.0579. The van der Waals surface area contributed by atoms with Gasteiger partial charge in [0.25, 0.3) is 5.56 Å².